The average molecular weight is 418 g/mol. The van der Waals surface area contributed by atoms with E-state index >= 15 is 0 Å². The Bertz CT molecular complexity index is 1170. The number of para-hydroxylation sites is 2. The van der Waals surface area contributed by atoms with Crippen LogP contribution in [0.15, 0.2) is 78.0 Å². The summed E-state index contributed by atoms with van der Waals surface area (Å²) < 4.78 is 7.28. The van der Waals surface area contributed by atoms with Gasteiger partial charge in [0.25, 0.3) is 0 Å². The molecule has 0 atom stereocenters. The predicted octanol–water partition coefficient (Wildman–Crippen LogP) is 4.75. The van der Waals surface area contributed by atoms with E-state index in [0.717, 1.165) is 33.2 Å². The zero-order valence-electron chi connectivity index (χ0n) is 17.0. The summed E-state index contributed by atoms with van der Waals surface area (Å²) in [5.41, 5.74) is 5.20. The number of amides is 1. The van der Waals surface area contributed by atoms with Gasteiger partial charge in [0, 0.05) is 12.2 Å². The minimum absolute atomic E-state index is 0.0290. The number of carbonyl (C=O) groups is 1. The lowest BCUT2D eigenvalue weighted by Crippen LogP contribution is -2.24. The highest BCUT2D eigenvalue weighted by molar-refractivity contribution is 7.99. The van der Waals surface area contributed by atoms with Crippen LogP contribution in [0, 0.1) is 6.92 Å². The molecule has 0 aliphatic heterocycles. The third-order valence-corrected chi connectivity index (χ3v) is 5.71. The SMILES string of the molecule is COc1ccc(CNC(=O)CSc2nc3ccccc3n2-c2cccc(C)c2)cc1. The number of nitrogens with one attached hydrogen (secondary N) is 1. The zero-order valence-corrected chi connectivity index (χ0v) is 17.8. The molecule has 1 heterocycles. The molecule has 30 heavy (non-hydrogen) atoms. The molecule has 0 aliphatic carbocycles. The number of aryl methyl sites for hydroxylation is 1. The van der Waals surface area contributed by atoms with Crippen molar-refractivity contribution in [1.82, 2.24) is 14.9 Å². The first-order valence-corrected chi connectivity index (χ1v) is 10.7. The van der Waals surface area contributed by atoms with E-state index in [9.17, 15) is 4.79 Å². The second-order valence-electron chi connectivity index (χ2n) is 6.97. The maximum Gasteiger partial charge on any atom is 0.230 e. The number of methoxy groups -OCH3 is 1. The molecule has 0 fully saturated rings. The number of hydrogen-bond donors (Lipinski definition) is 1. The zero-order chi connectivity index (χ0) is 20.9. The van der Waals surface area contributed by atoms with Crippen LogP contribution in [0.4, 0.5) is 0 Å². The van der Waals surface area contributed by atoms with E-state index in [1.807, 2.05) is 48.5 Å². The maximum atomic E-state index is 12.4. The van der Waals surface area contributed by atoms with E-state index in [4.69, 9.17) is 9.72 Å². The third-order valence-electron chi connectivity index (χ3n) is 4.77. The second-order valence-corrected chi connectivity index (χ2v) is 7.91. The molecule has 0 spiro atoms. The Kier molecular flexibility index (Phi) is 6.05. The molecular weight excluding hydrogens is 394 g/mol. The van der Waals surface area contributed by atoms with Gasteiger partial charge in [-0.05, 0) is 54.4 Å². The van der Waals surface area contributed by atoms with E-state index in [1.54, 1.807) is 7.11 Å². The monoisotopic (exact) mass is 417 g/mol. The number of fused-ring (bicyclic) bond motifs is 1. The Morgan fingerprint density at radius 2 is 1.87 bits per heavy atom. The number of nitrogens with zero attached hydrogens (tertiary/aromatic N) is 2. The van der Waals surface area contributed by atoms with Gasteiger partial charge in [0.1, 0.15) is 5.75 Å². The lowest BCUT2D eigenvalue weighted by molar-refractivity contribution is -0.118. The number of imidazole rings is 1. The molecule has 0 saturated carbocycles. The minimum atomic E-state index is -0.0290. The highest BCUT2D eigenvalue weighted by atomic mass is 32.2. The molecule has 1 aromatic heterocycles. The summed E-state index contributed by atoms with van der Waals surface area (Å²) in [6.45, 7) is 2.56. The highest BCUT2D eigenvalue weighted by Crippen LogP contribution is 2.28. The van der Waals surface area contributed by atoms with E-state index in [1.165, 1.54) is 17.3 Å². The van der Waals surface area contributed by atoms with Crippen LogP contribution in [0.3, 0.4) is 0 Å². The van der Waals surface area contributed by atoms with Crippen LogP contribution < -0.4 is 10.1 Å². The summed E-state index contributed by atoms with van der Waals surface area (Å²) in [5.74, 6) is 1.07. The van der Waals surface area contributed by atoms with Gasteiger partial charge in [-0.1, -0.05) is 48.2 Å². The minimum Gasteiger partial charge on any atom is -0.497 e. The first-order chi connectivity index (χ1) is 14.6. The van der Waals surface area contributed by atoms with Gasteiger partial charge in [0.05, 0.1) is 23.9 Å². The van der Waals surface area contributed by atoms with Crippen molar-refractivity contribution in [2.75, 3.05) is 12.9 Å². The van der Waals surface area contributed by atoms with Gasteiger partial charge in [-0.25, -0.2) is 4.98 Å². The number of rotatable bonds is 7. The number of carbonyl (C=O) groups excluding carboxylic acids is 1. The van der Waals surface area contributed by atoms with Gasteiger partial charge < -0.3 is 10.1 Å². The molecule has 0 aliphatic rings. The van der Waals surface area contributed by atoms with Crippen LogP contribution in [0.5, 0.6) is 5.75 Å². The first-order valence-electron chi connectivity index (χ1n) is 9.71. The average Bonchev–Trinajstić information content (AvgIpc) is 3.15. The standard InChI is InChI=1S/C24H23N3O2S/c1-17-6-5-7-19(14-17)27-22-9-4-3-8-21(22)26-24(27)30-16-23(28)25-15-18-10-12-20(29-2)13-11-18/h3-14H,15-16H2,1-2H3,(H,25,28). The van der Waals surface area contributed by atoms with Gasteiger partial charge in [-0.15, -0.1) is 0 Å². The molecule has 5 nitrogen and oxygen atoms in total. The lowest BCUT2D eigenvalue weighted by Gasteiger charge is -2.10. The first kappa shape index (κ1) is 20.0. The van der Waals surface area contributed by atoms with Crippen molar-refractivity contribution in [3.8, 4) is 11.4 Å². The maximum absolute atomic E-state index is 12.4. The Labute approximate surface area is 180 Å². The van der Waals surface area contributed by atoms with E-state index < -0.39 is 0 Å². The summed E-state index contributed by atoms with van der Waals surface area (Å²) in [6, 6.07) is 24.0. The number of aromatic nitrogens is 2. The van der Waals surface area contributed by atoms with Crippen LogP contribution in [-0.2, 0) is 11.3 Å². The number of benzene rings is 3. The van der Waals surface area contributed by atoms with E-state index in [2.05, 4.69) is 41.1 Å². The third kappa shape index (κ3) is 4.49. The van der Waals surface area contributed by atoms with Crippen LogP contribution >= 0.6 is 11.8 Å². The largest absolute Gasteiger partial charge is 0.497 e. The van der Waals surface area contributed by atoms with E-state index in [-0.39, 0.29) is 5.91 Å². The van der Waals surface area contributed by atoms with Gasteiger partial charge in [0.2, 0.25) is 5.91 Å². The molecule has 1 amide bonds. The van der Waals surface area contributed by atoms with Crippen LogP contribution in [0.1, 0.15) is 11.1 Å². The Morgan fingerprint density at radius 1 is 1.07 bits per heavy atom. The fourth-order valence-corrected chi connectivity index (χ4v) is 4.10. The number of thioether (sulfide) groups is 1. The molecule has 1 N–H and O–H groups in total. The van der Waals surface area contributed by atoms with Crippen LogP contribution in [0.25, 0.3) is 16.7 Å². The van der Waals surface area contributed by atoms with Crippen LogP contribution in [-0.4, -0.2) is 28.3 Å². The van der Waals surface area contributed by atoms with Crippen molar-refractivity contribution in [3.63, 3.8) is 0 Å². The Balaban J connectivity index is 1.48. The van der Waals surface area contributed by atoms with Gasteiger partial charge in [-0.3, -0.25) is 9.36 Å². The summed E-state index contributed by atoms with van der Waals surface area (Å²) in [6.07, 6.45) is 0. The number of ether oxygens (including phenoxy) is 1. The van der Waals surface area contributed by atoms with Gasteiger partial charge in [0.15, 0.2) is 5.16 Å². The molecular formula is C24H23N3O2S. The normalized spacial score (nSPS) is 10.9. The molecule has 4 rings (SSSR count). The van der Waals surface area contributed by atoms with E-state index in [0.29, 0.717) is 12.3 Å². The smallest absolute Gasteiger partial charge is 0.230 e. The summed E-state index contributed by atoms with van der Waals surface area (Å²) in [4.78, 5) is 17.2. The molecule has 4 aromatic rings. The molecule has 0 bridgehead atoms. The molecule has 3 aromatic carbocycles. The summed E-state index contributed by atoms with van der Waals surface area (Å²) in [5, 5.41) is 3.78. The van der Waals surface area contributed by atoms with Gasteiger partial charge >= 0.3 is 0 Å². The molecule has 0 unspecified atom stereocenters. The Hall–Kier alpha value is -3.25. The summed E-state index contributed by atoms with van der Waals surface area (Å²) >= 11 is 1.44. The predicted molar refractivity (Wildman–Crippen MR) is 121 cm³/mol. The lowest BCUT2D eigenvalue weighted by atomic mass is 10.2. The van der Waals surface area contributed by atoms with Gasteiger partial charge in [-0.2, -0.15) is 0 Å². The van der Waals surface area contributed by atoms with Crippen molar-refractivity contribution in [1.29, 1.82) is 0 Å². The Morgan fingerprint density at radius 3 is 2.63 bits per heavy atom. The topological polar surface area (TPSA) is 56.1 Å². The van der Waals surface area contributed by atoms with Crippen molar-refractivity contribution in [2.45, 2.75) is 18.6 Å². The molecule has 152 valence electrons. The summed E-state index contributed by atoms with van der Waals surface area (Å²) in [7, 11) is 1.64. The van der Waals surface area contributed by atoms with Crippen molar-refractivity contribution >= 4 is 28.7 Å². The second kappa shape index (κ2) is 9.05. The van der Waals surface area contributed by atoms with Crippen molar-refractivity contribution in [2.24, 2.45) is 0 Å². The van der Waals surface area contributed by atoms with Crippen molar-refractivity contribution in [3.05, 3.63) is 83.9 Å². The van der Waals surface area contributed by atoms with Crippen molar-refractivity contribution < 1.29 is 9.53 Å². The molecule has 0 radical (unpaired) electrons. The fourth-order valence-electron chi connectivity index (χ4n) is 3.24. The van der Waals surface area contributed by atoms with Crippen LogP contribution in [0.2, 0.25) is 0 Å². The fraction of sp³-hybridized carbons (Fsp3) is 0.167. The molecule has 6 heteroatoms. The number of hydrogen-bond acceptors (Lipinski definition) is 4. The quantitative estimate of drug-likeness (QED) is 0.441. The highest BCUT2D eigenvalue weighted by Gasteiger charge is 2.14. The molecule has 0 saturated heterocycles.